The number of benzene rings is 1. The summed E-state index contributed by atoms with van der Waals surface area (Å²) in [6.45, 7) is 0.585. The van der Waals surface area contributed by atoms with Crippen LogP contribution < -0.4 is 5.32 Å². The predicted octanol–water partition coefficient (Wildman–Crippen LogP) is 1.17. The van der Waals surface area contributed by atoms with Gasteiger partial charge in [0.25, 0.3) is 0 Å². The summed E-state index contributed by atoms with van der Waals surface area (Å²) in [6.07, 6.45) is 2.62. The Hall–Kier alpha value is -1.36. The summed E-state index contributed by atoms with van der Waals surface area (Å²) in [4.78, 5) is 11.4. The summed E-state index contributed by atoms with van der Waals surface area (Å²) in [5, 5.41) is 2.78. The summed E-state index contributed by atoms with van der Waals surface area (Å²) in [5.41, 5.74) is 1.17. The Morgan fingerprint density at radius 1 is 1.22 bits per heavy atom. The number of carbonyl (C=O) groups excluding carboxylic acids is 1. The zero-order valence-electron chi connectivity index (χ0n) is 10.6. The smallest absolute Gasteiger partial charge is 0.220 e. The van der Waals surface area contributed by atoms with E-state index in [1.807, 2.05) is 30.3 Å². The maximum atomic E-state index is 11.4. The van der Waals surface area contributed by atoms with E-state index < -0.39 is 9.84 Å². The molecule has 1 aromatic carbocycles. The van der Waals surface area contributed by atoms with Crippen LogP contribution in [-0.2, 0) is 21.1 Å². The van der Waals surface area contributed by atoms with Crippen LogP contribution in [0.5, 0.6) is 0 Å². The van der Waals surface area contributed by atoms with E-state index in [9.17, 15) is 13.2 Å². The molecule has 5 heteroatoms. The first-order valence-corrected chi connectivity index (χ1v) is 8.02. The Labute approximate surface area is 108 Å². The SMILES string of the molecule is CS(=O)(=O)CCCC(=O)NCCc1ccccc1. The van der Waals surface area contributed by atoms with Gasteiger partial charge >= 0.3 is 0 Å². The third-order valence-electron chi connectivity index (χ3n) is 2.50. The summed E-state index contributed by atoms with van der Waals surface area (Å²) >= 11 is 0. The molecule has 0 atom stereocenters. The van der Waals surface area contributed by atoms with Crippen molar-refractivity contribution in [1.29, 1.82) is 0 Å². The maximum absolute atomic E-state index is 11.4. The van der Waals surface area contributed by atoms with Crippen molar-refractivity contribution in [3.05, 3.63) is 35.9 Å². The molecule has 100 valence electrons. The Balaban J connectivity index is 2.14. The lowest BCUT2D eigenvalue weighted by Crippen LogP contribution is -2.25. The Morgan fingerprint density at radius 2 is 1.89 bits per heavy atom. The summed E-state index contributed by atoms with van der Waals surface area (Å²) in [6, 6.07) is 9.89. The van der Waals surface area contributed by atoms with Crippen molar-refractivity contribution in [2.45, 2.75) is 19.3 Å². The monoisotopic (exact) mass is 269 g/mol. The molecule has 4 nitrogen and oxygen atoms in total. The molecule has 0 fully saturated rings. The van der Waals surface area contributed by atoms with Crippen molar-refractivity contribution in [3.63, 3.8) is 0 Å². The average molecular weight is 269 g/mol. The van der Waals surface area contributed by atoms with E-state index in [4.69, 9.17) is 0 Å². The van der Waals surface area contributed by atoms with Crippen LogP contribution in [0.4, 0.5) is 0 Å². The van der Waals surface area contributed by atoms with Crippen LogP contribution in [-0.4, -0.2) is 32.9 Å². The Kier molecular flexibility index (Phi) is 5.85. The van der Waals surface area contributed by atoms with E-state index in [0.717, 1.165) is 6.42 Å². The fourth-order valence-electron chi connectivity index (χ4n) is 1.57. The highest BCUT2D eigenvalue weighted by Gasteiger charge is 2.05. The van der Waals surface area contributed by atoms with Gasteiger partial charge in [-0.1, -0.05) is 30.3 Å². The van der Waals surface area contributed by atoms with Crippen LogP contribution in [0.3, 0.4) is 0 Å². The van der Waals surface area contributed by atoms with Gasteiger partial charge in [0.05, 0.1) is 5.75 Å². The molecule has 0 radical (unpaired) electrons. The molecule has 0 saturated heterocycles. The molecule has 18 heavy (non-hydrogen) atoms. The number of rotatable bonds is 7. The molecule has 0 aliphatic heterocycles. The zero-order chi connectivity index (χ0) is 13.4. The second kappa shape index (κ2) is 7.16. The van der Waals surface area contributed by atoms with E-state index in [1.54, 1.807) is 0 Å². The lowest BCUT2D eigenvalue weighted by molar-refractivity contribution is -0.121. The molecule has 0 unspecified atom stereocenters. The zero-order valence-corrected chi connectivity index (χ0v) is 11.4. The van der Waals surface area contributed by atoms with Gasteiger partial charge in [0.15, 0.2) is 0 Å². The highest BCUT2D eigenvalue weighted by Crippen LogP contribution is 1.99. The van der Waals surface area contributed by atoms with Gasteiger partial charge in [0.1, 0.15) is 9.84 Å². The van der Waals surface area contributed by atoms with Crippen LogP contribution in [0.2, 0.25) is 0 Å². The van der Waals surface area contributed by atoms with E-state index in [-0.39, 0.29) is 18.1 Å². The molecule has 0 heterocycles. The van der Waals surface area contributed by atoms with Crippen molar-refractivity contribution in [1.82, 2.24) is 5.32 Å². The van der Waals surface area contributed by atoms with Gasteiger partial charge in [-0.05, 0) is 18.4 Å². The minimum Gasteiger partial charge on any atom is -0.356 e. The summed E-state index contributed by atoms with van der Waals surface area (Å²) in [5.74, 6) is -0.0198. The number of hydrogen-bond acceptors (Lipinski definition) is 3. The van der Waals surface area contributed by atoms with Gasteiger partial charge in [-0.25, -0.2) is 8.42 Å². The lowest BCUT2D eigenvalue weighted by atomic mass is 10.1. The molecule has 1 amide bonds. The van der Waals surface area contributed by atoms with Crippen molar-refractivity contribution in [2.24, 2.45) is 0 Å². The summed E-state index contributed by atoms with van der Waals surface area (Å²) < 4.78 is 21.8. The number of nitrogens with one attached hydrogen (secondary N) is 1. The number of carbonyl (C=O) groups is 1. The average Bonchev–Trinajstić information content (AvgIpc) is 2.28. The van der Waals surface area contributed by atoms with Crippen molar-refractivity contribution in [3.8, 4) is 0 Å². The van der Waals surface area contributed by atoms with E-state index >= 15 is 0 Å². The van der Waals surface area contributed by atoms with Crippen molar-refractivity contribution < 1.29 is 13.2 Å². The van der Waals surface area contributed by atoms with Crippen LogP contribution in [0.1, 0.15) is 18.4 Å². The van der Waals surface area contributed by atoms with Crippen molar-refractivity contribution in [2.75, 3.05) is 18.6 Å². The molecule has 0 bridgehead atoms. The van der Waals surface area contributed by atoms with Gasteiger partial charge in [-0.3, -0.25) is 4.79 Å². The first-order chi connectivity index (χ1) is 8.47. The minimum absolute atomic E-state index is 0.0686. The minimum atomic E-state index is -2.96. The van der Waals surface area contributed by atoms with Crippen LogP contribution in [0, 0.1) is 0 Å². The number of amides is 1. The van der Waals surface area contributed by atoms with E-state index in [0.29, 0.717) is 13.0 Å². The van der Waals surface area contributed by atoms with Gasteiger partial charge in [0, 0.05) is 19.2 Å². The molecule has 1 aromatic rings. The number of hydrogen-bond donors (Lipinski definition) is 1. The molecule has 0 aromatic heterocycles. The van der Waals surface area contributed by atoms with Crippen LogP contribution >= 0.6 is 0 Å². The highest BCUT2D eigenvalue weighted by molar-refractivity contribution is 7.90. The van der Waals surface area contributed by atoms with E-state index in [2.05, 4.69) is 5.32 Å². The quantitative estimate of drug-likeness (QED) is 0.808. The van der Waals surface area contributed by atoms with Gasteiger partial charge < -0.3 is 5.32 Å². The van der Waals surface area contributed by atoms with Crippen LogP contribution in [0.15, 0.2) is 30.3 Å². The Bertz CT molecular complexity index is 468. The second-order valence-electron chi connectivity index (χ2n) is 4.32. The predicted molar refractivity (Wildman–Crippen MR) is 72.1 cm³/mol. The third kappa shape index (κ3) is 7.06. The number of sulfone groups is 1. The van der Waals surface area contributed by atoms with Gasteiger partial charge in [0.2, 0.25) is 5.91 Å². The molecule has 0 aliphatic carbocycles. The first kappa shape index (κ1) is 14.7. The van der Waals surface area contributed by atoms with Crippen LogP contribution in [0.25, 0.3) is 0 Å². The topological polar surface area (TPSA) is 63.2 Å². The molecule has 1 rings (SSSR count). The van der Waals surface area contributed by atoms with Gasteiger partial charge in [-0.2, -0.15) is 0 Å². The second-order valence-corrected chi connectivity index (χ2v) is 6.58. The molecule has 1 N–H and O–H groups in total. The van der Waals surface area contributed by atoms with Crippen molar-refractivity contribution >= 4 is 15.7 Å². The van der Waals surface area contributed by atoms with Gasteiger partial charge in [-0.15, -0.1) is 0 Å². The molecule has 0 aliphatic rings. The third-order valence-corrected chi connectivity index (χ3v) is 3.53. The molecule has 0 saturated carbocycles. The molecule has 0 spiro atoms. The molecular weight excluding hydrogens is 250 g/mol. The molecular formula is C13H19NO3S. The lowest BCUT2D eigenvalue weighted by Gasteiger charge is -2.05. The van der Waals surface area contributed by atoms with E-state index in [1.165, 1.54) is 11.8 Å². The fourth-order valence-corrected chi connectivity index (χ4v) is 2.24. The normalized spacial score (nSPS) is 11.2. The summed E-state index contributed by atoms with van der Waals surface area (Å²) in [7, 11) is -2.96. The Morgan fingerprint density at radius 3 is 2.50 bits per heavy atom. The standard InChI is InChI=1S/C13H19NO3S/c1-18(16,17)11-5-8-13(15)14-10-9-12-6-3-2-4-7-12/h2-4,6-7H,5,8-11H2,1H3,(H,14,15). The first-order valence-electron chi connectivity index (χ1n) is 5.96. The largest absolute Gasteiger partial charge is 0.356 e. The highest BCUT2D eigenvalue weighted by atomic mass is 32.2. The fraction of sp³-hybridized carbons (Fsp3) is 0.462. The maximum Gasteiger partial charge on any atom is 0.220 e.